The SMILES string of the molecule is CCCCCCCCCCCCCCCC(CC)[N+](C)(CCO)C(CC)CCCCCCCCCCCCCCC. The van der Waals surface area contributed by atoms with Crippen LogP contribution in [0.2, 0.25) is 0 Å². The highest BCUT2D eigenvalue weighted by Gasteiger charge is 2.37. The number of unbranched alkanes of at least 4 members (excludes halogenated alkanes) is 24. The number of quaternary nitrogens is 1. The first-order chi connectivity index (χ1) is 20.1. The molecule has 1 N–H and O–H groups in total. The van der Waals surface area contributed by atoms with E-state index in [2.05, 4.69) is 34.7 Å². The zero-order chi connectivity index (χ0) is 30.3. The van der Waals surface area contributed by atoms with Gasteiger partial charge >= 0.3 is 0 Å². The van der Waals surface area contributed by atoms with Crippen LogP contribution in [-0.4, -0.2) is 41.9 Å². The Labute approximate surface area is 261 Å². The predicted octanol–water partition coefficient (Wildman–Crippen LogP) is 12.9. The molecule has 0 spiro atoms. The zero-order valence-electron chi connectivity index (χ0n) is 29.7. The van der Waals surface area contributed by atoms with E-state index in [1.165, 1.54) is 193 Å². The van der Waals surface area contributed by atoms with Crippen molar-refractivity contribution in [1.29, 1.82) is 0 Å². The van der Waals surface area contributed by atoms with Crippen LogP contribution in [0.5, 0.6) is 0 Å². The first kappa shape index (κ1) is 40.9. The van der Waals surface area contributed by atoms with Gasteiger partial charge in [0.25, 0.3) is 0 Å². The molecule has 2 unspecified atom stereocenters. The number of hydrogen-bond acceptors (Lipinski definition) is 1. The van der Waals surface area contributed by atoms with E-state index < -0.39 is 0 Å². The second-order valence-corrected chi connectivity index (χ2v) is 14.0. The summed E-state index contributed by atoms with van der Waals surface area (Å²) in [6.45, 7) is 10.7. The lowest BCUT2D eigenvalue weighted by Crippen LogP contribution is -2.59. The molecule has 0 aliphatic rings. The van der Waals surface area contributed by atoms with E-state index in [1.807, 2.05) is 0 Å². The molecule has 2 heteroatoms. The summed E-state index contributed by atoms with van der Waals surface area (Å²) in [4.78, 5) is 0. The van der Waals surface area contributed by atoms with Crippen LogP contribution in [0, 0.1) is 0 Å². The van der Waals surface area contributed by atoms with Gasteiger partial charge in [0.1, 0.15) is 6.54 Å². The molecule has 0 radical (unpaired) electrons. The average molecular weight is 581 g/mol. The van der Waals surface area contributed by atoms with Crippen molar-refractivity contribution in [1.82, 2.24) is 0 Å². The average Bonchev–Trinajstić information content (AvgIpc) is 2.97. The summed E-state index contributed by atoms with van der Waals surface area (Å²) >= 11 is 0. The maximum absolute atomic E-state index is 10.0. The van der Waals surface area contributed by atoms with Gasteiger partial charge in [0.2, 0.25) is 0 Å². The van der Waals surface area contributed by atoms with Crippen molar-refractivity contribution in [2.45, 2.75) is 232 Å². The van der Waals surface area contributed by atoms with Crippen LogP contribution in [0.25, 0.3) is 0 Å². The summed E-state index contributed by atoms with van der Waals surface area (Å²) in [5.74, 6) is 0. The molecule has 0 aromatic carbocycles. The van der Waals surface area contributed by atoms with E-state index in [4.69, 9.17) is 0 Å². The van der Waals surface area contributed by atoms with Gasteiger partial charge < -0.3 is 9.59 Å². The number of nitrogens with zero attached hydrogens (tertiary/aromatic N) is 1. The second-order valence-electron chi connectivity index (χ2n) is 14.0. The lowest BCUT2D eigenvalue weighted by molar-refractivity contribution is -0.957. The van der Waals surface area contributed by atoms with Crippen molar-refractivity contribution in [2.24, 2.45) is 0 Å². The number of likely N-dealkylation sites (N-methyl/N-ethyl adjacent to an activating group) is 1. The molecule has 0 amide bonds. The van der Waals surface area contributed by atoms with Crippen molar-refractivity contribution in [2.75, 3.05) is 20.2 Å². The molecule has 0 rings (SSSR count). The minimum Gasteiger partial charge on any atom is -0.391 e. The number of aliphatic hydroxyl groups is 1. The molecule has 248 valence electrons. The number of hydrogen-bond donors (Lipinski definition) is 1. The Hall–Kier alpha value is -0.0800. The van der Waals surface area contributed by atoms with Gasteiger partial charge in [0, 0.05) is 0 Å². The van der Waals surface area contributed by atoms with Gasteiger partial charge in [-0.3, -0.25) is 0 Å². The minimum atomic E-state index is 0.334. The summed E-state index contributed by atoms with van der Waals surface area (Å²) in [5, 5.41) is 10.0. The minimum absolute atomic E-state index is 0.334. The first-order valence-corrected chi connectivity index (χ1v) is 19.6. The van der Waals surface area contributed by atoms with Crippen LogP contribution in [0.4, 0.5) is 0 Å². The zero-order valence-corrected chi connectivity index (χ0v) is 29.7. The molecule has 2 atom stereocenters. The van der Waals surface area contributed by atoms with E-state index in [-0.39, 0.29) is 0 Å². The van der Waals surface area contributed by atoms with Gasteiger partial charge in [-0.05, 0) is 38.5 Å². The van der Waals surface area contributed by atoms with Gasteiger partial charge in [0.05, 0.1) is 25.7 Å². The van der Waals surface area contributed by atoms with Crippen LogP contribution in [-0.2, 0) is 0 Å². The molecule has 0 fully saturated rings. The van der Waals surface area contributed by atoms with Crippen molar-refractivity contribution < 1.29 is 9.59 Å². The molecule has 0 bridgehead atoms. The Morgan fingerprint density at radius 1 is 0.390 bits per heavy atom. The van der Waals surface area contributed by atoms with Gasteiger partial charge in [-0.1, -0.05) is 182 Å². The summed E-state index contributed by atoms with van der Waals surface area (Å²) in [7, 11) is 2.49. The molecule has 0 heterocycles. The summed E-state index contributed by atoms with van der Waals surface area (Å²) in [6, 6.07) is 1.42. The highest BCUT2D eigenvalue weighted by Crippen LogP contribution is 2.29. The van der Waals surface area contributed by atoms with Crippen LogP contribution >= 0.6 is 0 Å². The normalized spacial score (nSPS) is 14.8. The lowest BCUT2D eigenvalue weighted by Gasteiger charge is -2.47. The van der Waals surface area contributed by atoms with Crippen LogP contribution in [0.3, 0.4) is 0 Å². The predicted molar refractivity (Wildman–Crippen MR) is 187 cm³/mol. The van der Waals surface area contributed by atoms with Gasteiger partial charge in [0.15, 0.2) is 0 Å². The molecule has 0 aromatic rings. The molecular weight excluding hydrogens is 498 g/mol. The van der Waals surface area contributed by atoms with Crippen molar-refractivity contribution in [3.8, 4) is 0 Å². The van der Waals surface area contributed by atoms with E-state index >= 15 is 0 Å². The van der Waals surface area contributed by atoms with E-state index in [0.717, 1.165) is 11.0 Å². The Morgan fingerprint density at radius 3 is 0.854 bits per heavy atom. The fourth-order valence-electron chi connectivity index (χ4n) is 7.51. The smallest absolute Gasteiger partial charge is 0.102 e. The second kappa shape index (κ2) is 31.3. The maximum atomic E-state index is 10.0. The Kier molecular flexibility index (Phi) is 31.3. The molecule has 0 aliphatic heterocycles. The van der Waals surface area contributed by atoms with Crippen LogP contribution < -0.4 is 0 Å². The third-order valence-corrected chi connectivity index (χ3v) is 10.5. The Bertz CT molecular complexity index is 454. The fourth-order valence-corrected chi connectivity index (χ4v) is 7.51. The monoisotopic (exact) mass is 581 g/mol. The largest absolute Gasteiger partial charge is 0.391 e. The standard InChI is InChI=1S/C39H82NO/c1-6-10-12-14-16-18-20-22-24-26-28-30-32-34-38(8-3)40(5,36-37-41)39(9-4)35-33-31-29-27-25-23-21-19-17-15-13-11-7-2/h38-39,41H,6-37H2,1-5H3/q+1. The Balaban J connectivity index is 4.11. The summed E-state index contributed by atoms with van der Waals surface area (Å²) in [6.07, 6.45) is 42.4. The summed E-state index contributed by atoms with van der Waals surface area (Å²) in [5.41, 5.74) is 0. The number of aliphatic hydroxyl groups excluding tert-OH is 1. The molecule has 0 saturated heterocycles. The van der Waals surface area contributed by atoms with Crippen LogP contribution in [0.15, 0.2) is 0 Å². The van der Waals surface area contributed by atoms with E-state index in [1.54, 1.807) is 0 Å². The van der Waals surface area contributed by atoms with E-state index in [0.29, 0.717) is 18.7 Å². The lowest BCUT2D eigenvalue weighted by atomic mass is 9.94. The number of rotatable bonds is 34. The highest BCUT2D eigenvalue weighted by atomic mass is 16.3. The molecule has 0 aliphatic carbocycles. The highest BCUT2D eigenvalue weighted by molar-refractivity contribution is 4.67. The molecule has 0 aromatic heterocycles. The van der Waals surface area contributed by atoms with Crippen molar-refractivity contribution >= 4 is 0 Å². The van der Waals surface area contributed by atoms with Crippen molar-refractivity contribution in [3.63, 3.8) is 0 Å². The molecule has 41 heavy (non-hydrogen) atoms. The first-order valence-electron chi connectivity index (χ1n) is 19.6. The van der Waals surface area contributed by atoms with Gasteiger partial charge in [-0.15, -0.1) is 0 Å². The Morgan fingerprint density at radius 2 is 0.634 bits per heavy atom. The summed E-state index contributed by atoms with van der Waals surface area (Å²) < 4.78 is 1.11. The van der Waals surface area contributed by atoms with Gasteiger partial charge in [-0.25, -0.2) is 0 Å². The molecular formula is C39H82NO+. The third-order valence-electron chi connectivity index (χ3n) is 10.5. The maximum Gasteiger partial charge on any atom is 0.102 e. The quantitative estimate of drug-likeness (QED) is 0.0592. The fraction of sp³-hybridized carbons (Fsp3) is 1.00. The van der Waals surface area contributed by atoms with Crippen LogP contribution in [0.1, 0.15) is 220 Å². The third kappa shape index (κ3) is 23.0. The molecule has 2 nitrogen and oxygen atoms in total. The van der Waals surface area contributed by atoms with Gasteiger partial charge in [-0.2, -0.15) is 0 Å². The topological polar surface area (TPSA) is 20.2 Å². The molecule has 0 saturated carbocycles. The van der Waals surface area contributed by atoms with E-state index in [9.17, 15) is 5.11 Å². The van der Waals surface area contributed by atoms with Crippen molar-refractivity contribution in [3.05, 3.63) is 0 Å².